The molecule has 0 radical (unpaired) electrons. The number of aromatic nitrogens is 4. The zero-order valence-corrected chi connectivity index (χ0v) is 14.1. The van der Waals surface area contributed by atoms with Crippen molar-refractivity contribution in [3.05, 3.63) is 65.5 Å². The van der Waals surface area contributed by atoms with Crippen LogP contribution < -0.4 is 10.5 Å². The Morgan fingerprint density at radius 3 is 2.35 bits per heavy atom. The molecular formula is C19H17N5O2. The van der Waals surface area contributed by atoms with E-state index in [2.05, 4.69) is 15.0 Å². The number of hydrogen-bond donors (Lipinski definition) is 0. The largest absolute Gasteiger partial charge is 0.380 e. The van der Waals surface area contributed by atoms with Gasteiger partial charge in [-0.3, -0.25) is 9.36 Å². The minimum atomic E-state index is -0.105. The van der Waals surface area contributed by atoms with Gasteiger partial charge in [-0.15, -0.1) is 0 Å². The number of ether oxygens (including phenoxy) is 1. The molecule has 2 fully saturated rings. The van der Waals surface area contributed by atoms with Crippen LogP contribution in [-0.4, -0.2) is 45.8 Å². The van der Waals surface area contributed by atoms with Crippen LogP contribution in [0.1, 0.15) is 0 Å². The average Bonchev–Trinajstić information content (AvgIpc) is 2.62. The molecule has 0 aliphatic carbocycles. The molecule has 4 heterocycles. The summed E-state index contributed by atoms with van der Waals surface area (Å²) in [6, 6.07) is 9.41. The lowest BCUT2D eigenvalue weighted by Crippen LogP contribution is -2.67. The lowest BCUT2D eigenvalue weighted by molar-refractivity contribution is -0.127. The third-order valence-corrected chi connectivity index (χ3v) is 4.96. The van der Waals surface area contributed by atoms with Gasteiger partial charge >= 0.3 is 0 Å². The minimum Gasteiger partial charge on any atom is -0.380 e. The van der Waals surface area contributed by atoms with Gasteiger partial charge in [-0.25, -0.2) is 15.0 Å². The highest BCUT2D eigenvalue weighted by atomic mass is 16.5. The number of anilines is 1. The van der Waals surface area contributed by atoms with Gasteiger partial charge in [0.15, 0.2) is 11.6 Å². The zero-order valence-electron chi connectivity index (χ0n) is 14.1. The molecule has 130 valence electrons. The van der Waals surface area contributed by atoms with Gasteiger partial charge in [0.1, 0.15) is 0 Å². The summed E-state index contributed by atoms with van der Waals surface area (Å²) in [4.78, 5) is 27.7. The van der Waals surface area contributed by atoms with Gasteiger partial charge in [-0.1, -0.05) is 0 Å². The van der Waals surface area contributed by atoms with Gasteiger partial charge in [0.05, 0.1) is 18.6 Å². The molecule has 0 saturated carbocycles. The second-order valence-corrected chi connectivity index (χ2v) is 6.89. The third-order valence-electron chi connectivity index (χ3n) is 4.96. The quantitative estimate of drug-likeness (QED) is 0.715. The Hall–Kier alpha value is -3.06. The Labute approximate surface area is 149 Å². The first-order valence-electron chi connectivity index (χ1n) is 8.52. The van der Waals surface area contributed by atoms with E-state index in [9.17, 15) is 4.79 Å². The predicted molar refractivity (Wildman–Crippen MR) is 96.3 cm³/mol. The maximum absolute atomic E-state index is 12.9. The van der Waals surface area contributed by atoms with Gasteiger partial charge < -0.3 is 9.64 Å². The lowest BCUT2D eigenvalue weighted by atomic mass is 9.78. The van der Waals surface area contributed by atoms with Gasteiger partial charge in [0.2, 0.25) is 0 Å². The van der Waals surface area contributed by atoms with Crippen molar-refractivity contribution in [1.29, 1.82) is 0 Å². The monoisotopic (exact) mass is 347 g/mol. The first kappa shape index (κ1) is 15.2. The van der Waals surface area contributed by atoms with Crippen LogP contribution in [0, 0.1) is 5.41 Å². The normalized spacial score (nSPS) is 17.6. The van der Waals surface area contributed by atoms with Crippen LogP contribution in [0.5, 0.6) is 0 Å². The Morgan fingerprint density at radius 1 is 0.962 bits per heavy atom. The van der Waals surface area contributed by atoms with Crippen molar-refractivity contribution in [3.8, 4) is 17.1 Å². The Balaban J connectivity index is 1.43. The Bertz CT molecular complexity index is 988. The second-order valence-electron chi connectivity index (χ2n) is 6.89. The fraction of sp³-hybridized carbons (Fsp3) is 0.263. The van der Waals surface area contributed by atoms with Gasteiger partial charge in [-0.2, -0.15) is 0 Å². The predicted octanol–water partition coefficient (Wildman–Crippen LogP) is 1.53. The smallest absolute Gasteiger partial charge is 0.298 e. The number of nitrogens with zero attached hydrogens (tertiary/aromatic N) is 5. The topological polar surface area (TPSA) is 73.1 Å². The van der Waals surface area contributed by atoms with E-state index in [1.165, 1.54) is 0 Å². The van der Waals surface area contributed by atoms with Crippen molar-refractivity contribution in [2.24, 2.45) is 5.41 Å². The molecule has 5 rings (SSSR count). The molecule has 3 aromatic rings. The molecule has 1 aromatic carbocycles. The first-order valence-corrected chi connectivity index (χ1v) is 8.52. The highest BCUT2D eigenvalue weighted by Gasteiger charge is 2.50. The van der Waals surface area contributed by atoms with E-state index in [4.69, 9.17) is 4.74 Å². The molecular weight excluding hydrogens is 330 g/mol. The van der Waals surface area contributed by atoms with Crippen molar-refractivity contribution in [2.75, 3.05) is 31.2 Å². The molecule has 2 saturated heterocycles. The summed E-state index contributed by atoms with van der Waals surface area (Å²) < 4.78 is 6.92. The fourth-order valence-corrected chi connectivity index (χ4v) is 3.53. The van der Waals surface area contributed by atoms with Crippen molar-refractivity contribution < 1.29 is 4.74 Å². The summed E-state index contributed by atoms with van der Waals surface area (Å²) >= 11 is 0. The van der Waals surface area contributed by atoms with Gasteiger partial charge in [0.25, 0.3) is 5.56 Å². The van der Waals surface area contributed by atoms with Gasteiger partial charge in [0, 0.05) is 49.1 Å². The summed E-state index contributed by atoms with van der Waals surface area (Å²) in [5.74, 6) is 1.16. The second kappa shape index (κ2) is 5.74. The molecule has 1 spiro atoms. The van der Waals surface area contributed by atoms with Crippen LogP contribution in [0.4, 0.5) is 5.82 Å². The van der Waals surface area contributed by atoms with Crippen molar-refractivity contribution in [2.45, 2.75) is 0 Å². The summed E-state index contributed by atoms with van der Waals surface area (Å²) in [6.07, 6.45) is 6.79. The van der Waals surface area contributed by atoms with Crippen molar-refractivity contribution >= 4 is 5.82 Å². The Kier molecular flexibility index (Phi) is 3.36. The molecule has 0 atom stereocenters. The van der Waals surface area contributed by atoms with Crippen LogP contribution >= 0.6 is 0 Å². The average molecular weight is 347 g/mol. The summed E-state index contributed by atoms with van der Waals surface area (Å²) in [7, 11) is 0. The van der Waals surface area contributed by atoms with Crippen LogP contribution in [0.3, 0.4) is 0 Å². The highest BCUT2D eigenvalue weighted by molar-refractivity contribution is 5.57. The first-order chi connectivity index (χ1) is 12.7. The summed E-state index contributed by atoms with van der Waals surface area (Å²) in [5.41, 5.74) is 1.84. The molecule has 2 aliphatic heterocycles. The number of rotatable bonds is 3. The van der Waals surface area contributed by atoms with E-state index in [0.717, 1.165) is 37.6 Å². The van der Waals surface area contributed by atoms with Crippen LogP contribution in [0.25, 0.3) is 17.1 Å². The van der Waals surface area contributed by atoms with Crippen LogP contribution in [-0.2, 0) is 4.74 Å². The third kappa shape index (κ3) is 2.40. The van der Waals surface area contributed by atoms with E-state index >= 15 is 0 Å². The zero-order chi connectivity index (χ0) is 17.6. The van der Waals surface area contributed by atoms with Gasteiger partial charge in [-0.05, 0) is 30.3 Å². The molecule has 2 aromatic heterocycles. The van der Waals surface area contributed by atoms with E-state index in [1.807, 2.05) is 29.2 Å². The van der Waals surface area contributed by atoms with E-state index in [1.54, 1.807) is 35.4 Å². The molecule has 0 bridgehead atoms. The molecule has 0 amide bonds. The summed E-state index contributed by atoms with van der Waals surface area (Å²) in [6.45, 7) is 3.24. The Morgan fingerprint density at radius 2 is 1.69 bits per heavy atom. The highest BCUT2D eigenvalue weighted by Crippen LogP contribution is 2.38. The number of benzene rings is 1. The van der Waals surface area contributed by atoms with Crippen molar-refractivity contribution in [1.82, 2.24) is 19.5 Å². The SMILES string of the molecule is O=c1c(N2CC3(COC3)C2)nccn1-c1ccc(-c2ncccn2)cc1. The fourth-order valence-electron chi connectivity index (χ4n) is 3.53. The molecule has 2 aliphatic rings. The number of hydrogen-bond acceptors (Lipinski definition) is 6. The molecule has 0 N–H and O–H groups in total. The molecule has 7 nitrogen and oxygen atoms in total. The lowest BCUT2D eigenvalue weighted by Gasteiger charge is -2.55. The van der Waals surface area contributed by atoms with E-state index in [0.29, 0.717) is 11.6 Å². The minimum absolute atomic E-state index is 0.105. The van der Waals surface area contributed by atoms with Crippen molar-refractivity contribution in [3.63, 3.8) is 0 Å². The molecule has 26 heavy (non-hydrogen) atoms. The molecule has 7 heteroatoms. The van der Waals surface area contributed by atoms with E-state index < -0.39 is 0 Å². The maximum Gasteiger partial charge on any atom is 0.298 e. The standard InChI is InChI=1S/C19H17N5O2/c25-18-17(23-10-19(11-23)12-26-13-19)22-8-9-24(18)15-4-2-14(3-5-15)16-20-6-1-7-21-16/h1-9H,10-13H2. The maximum atomic E-state index is 12.9. The van der Waals surface area contributed by atoms with Crippen LogP contribution in [0.15, 0.2) is 59.9 Å². The summed E-state index contributed by atoms with van der Waals surface area (Å²) in [5, 5.41) is 0. The van der Waals surface area contributed by atoms with E-state index in [-0.39, 0.29) is 11.0 Å². The van der Waals surface area contributed by atoms with Crippen LogP contribution in [0.2, 0.25) is 0 Å². The molecule has 0 unspecified atom stereocenters.